The number of hydrogen-bond acceptors (Lipinski definition) is 4. The van der Waals surface area contributed by atoms with Crippen LogP contribution in [0.25, 0.3) is 5.69 Å². The van der Waals surface area contributed by atoms with Gasteiger partial charge in [-0.3, -0.25) is 4.79 Å². The molecule has 28 heavy (non-hydrogen) atoms. The van der Waals surface area contributed by atoms with Crippen molar-refractivity contribution >= 4 is 5.91 Å². The number of hydrogen-bond donors (Lipinski definition) is 1. The molecule has 144 valence electrons. The number of aromatic nitrogens is 2. The summed E-state index contributed by atoms with van der Waals surface area (Å²) in [7, 11) is 1.60. The van der Waals surface area contributed by atoms with Crippen molar-refractivity contribution in [3.8, 4) is 11.4 Å². The van der Waals surface area contributed by atoms with Crippen molar-refractivity contribution in [1.82, 2.24) is 14.7 Å². The van der Waals surface area contributed by atoms with Crippen LogP contribution in [0.3, 0.4) is 0 Å². The number of likely N-dealkylation sites (tertiary alicyclic amines) is 1. The second-order valence-electron chi connectivity index (χ2n) is 7.17. The quantitative estimate of drug-likeness (QED) is 0.759. The Morgan fingerprint density at radius 3 is 2.71 bits per heavy atom. The number of β-amino-alcohol motifs (C(OH)–C–C–N with tert-alkyl or cyclic N) is 1. The van der Waals surface area contributed by atoms with Crippen molar-refractivity contribution < 1.29 is 14.6 Å². The largest absolute Gasteiger partial charge is 0.494 e. The van der Waals surface area contributed by atoms with E-state index in [4.69, 9.17) is 4.74 Å². The zero-order valence-electron chi connectivity index (χ0n) is 16.0. The highest BCUT2D eigenvalue weighted by molar-refractivity contribution is 5.94. The Labute approximate surface area is 164 Å². The van der Waals surface area contributed by atoms with Crippen molar-refractivity contribution in [1.29, 1.82) is 0 Å². The van der Waals surface area contributed by atoms with E-state index in [9.17, 15) is 9.90 Å². The topological polar surface area (TPSA) is 67.6 Å². The summed E-state index contributed by atoms with van der Waals surface area (Å²) in [4.78, 5) is 14.7. The first-order valence-electron chi connectivity index (χ1n) is 9.28. The molecule has 3 aromatic rings. The van der Waals surface area contributed by atoms with E-state index in [1.807, 2.05) is 55.5 Å². The van der Waals surface area contributed by atoms with Gasteiger partial charge in [-0.25, -0.2) is 4.68 Å². The summed E-state index contributed by atoms with van der Waals surface area (Å²) < 4.78 is 7.00. The van der Waals surface area contributed by atoms with Crippen LogP contribution in [0.15, 0.2) is 60.9 Å². The minimum absolute atomic E-state index is 0.134. The Morgan fingerprint density at radius 1 is 1.18 bits per heavy atom. The first kappa shape index (κ1) is 18.3. The summed E-state index contributed by atoms with van der Waals surface area (Å²) in [6.45, 7) is 2.76. The molecule has 6 heteroatoms. The lowest BCUT2D eigenvalue weighted by atomic mass is 9.89. The summed E-state index contributed by atoms with van der Waals surface area (Å²) in [6.07, 6.45) is 3.77. The van der Waals surface area contributed by atoms with Crippen LogP contribution >= 0.6 is 0 Å². The molecule has 1 N–H and O–H groups in total. The average molecular weight is 377 g/mol. The number of nitrogens with zero attached hydrogens (tertiary/aromatic N) is 3. The van der Waals surface area contributed by atoms with Crippen LogP contribution in [-0.4, -0.2) is 45.9 Å². The summed E-state index contributed by atoms with van der Waals surface area (Å²) >= 11 is 0. The number of rotatable bonds is 4. The number of aliphatic hydroxyl groups is 1. The summed E-state index contributed by atoms with van der Waals surface area (Å²) in [5, 5.41) is 15.5. The number of carbonyl (C=O) groups excluding carboxylic acids is 1. The van der Waals surface area contributed by atoms with Crippen LogP contribution in [0.1, 0.15) is 27.9 Å². The molecule has 1 aliphatic heterocycles. The van der Waals surface area contributed by atoms with E-state index in [-0.39, 0.29) is 12.5 Å². The highest BCUT2D eigenvalue weighted by Crippen LogP contribution is 2.34. The zero-order chi connectivity index (χ0) is 19.7. The van der Waals surface area contributed by atoms with Crippen molar-refractivity contribution in [2.45, 2.75) is 18.9 Å². The van der Waals surface area contributed by atoms with E-state index < -0.39 is 5.60 Å². The number of carbonyl (C=O) groups is 1. The molecule has 1 aliphatic rings. The minimum atomic E-state index is -1.01. The van der Waals surface area contributed by atoms with E-state index >= 15 is 0 Å². The molecule has 0 spiro atoms. The lowest BCUT2D eigenvalue weighted by molar-refractivity contribution is 0.0412. The highest BCUT2D eigenvalue weighted by atomic mass is 16.5. The maximum Gasteiger partial charge on any atom is 0.257 e. The molecule has 2 heterocycles. The lowest BCUT2D eigenvalue weighted by Gasteiger charge is -2.25. The number of benzene rings is 2. The number of aryl methyl sites for hydroxylation is 1. The molecule has 0 bridgehead atoms. The summed E-state index contributed by atoms with van der Waals surface area (Å²) in [6, 6.07) is 15.3. The Morgan fingerprint density at radius 2 is 1.93 bits per heavy atom. The van der Waals surface area contributed by atoms with Gasteiger partial charge in [0.2, 0.25) is 0 Å². The van der Waals surface area contributed by atoms with E-state index in [1.54, 1.807) is 29.1 Å². The number of amides is 1. The molecule has 6 nitrogen and oxygen atoms in total. The van der Waals surface area contributed by atoms with Crippen LogP contribution in [0.2, 0.25) is 0 Å². The Kier molecular flexibility index (Phi) is 4.65. The third-order valence-electron chi connectivity index (χ3n) is 5.34. The fraction of sp³-hybridized carbons (Fsp3) is 0.273. The minimum Gasteiger partial charge on any atom is -0.494 e. The SMILES string of the molecule is COc1ccccc1-n1cc(C(=O)N2CC[C@](O)(c3ccccc3C)C2)cn1. The highest BCUT2D eigenvalue weighted by Gasteiger charge is 2.40. The van der Waals surface area contributed by atoms with Gasteiger partial charge in [0.05, 0.1) is 25.4 Å². The van der Waals surface area contributed by atoms with Crippen LogP contribution < -0.4 is 4.74 Å². The van der Waals surface area contributed by atoms with Gasteiger partial charge in [-0.15, -0.1) is 0 Å². The standard InChI is InChI=1S/C22H23N3O3/c1-16-7-3-4-8-18(16)22(27)11-12-24(15-22)21(26)17-13-23-25(14-17)19-9-5-6-10-20(19)28-2/h3-10,13-14,27H,11-12,15H2,1-2H3/t22-/m1/s1. The zero-order valence-corrected chi connectivity index (χ0v) is 16.0. The van der Waals surface area contributed by atoms with Crippen LogP contribution in [0, 0.1) is 6.92 Å². The number of para-hydroxylation sites is 2. The second-order valence-corrected chi connectivity index (χ2v) is 7.17. The van der Waals surface area contributed by atoms with Gasteiger partial charge in [-0.1, -0.05) is 36.4 Å². The van der Waals surface area contributed by atoms with Gasteiger partial charge in [-0.05, 0) is 36.6 Å². The second kappa shape index (κ2) is 7.13. The monoisotopic (exact) mass is 377 g/mol. The van der Waals surface area contributed by atoms with Gasteiger partial charge in [0.1, 0.15) is 17.0 Å². The van der Waals surface area contributed by atoms with E-state index in [0.29, 0.717) is 24.3 Å². The predicted octanol–water partition coefficient (Wildman–Crippen LogP) is 2.92. The Hall–Kier alpha value is -3.12. The van der Waals surface area contributed by atoms with Gasteiger partial charge in [0, 0.05) is 12.7 Å². The molecule has 1 atom stereocenters. The Balaban J connectivity index is 1.55. The molecule has 2 aromatic carbocycles. The maximum absolute atomic E-state index is 13.0. The molecule has 0 aliphatic carbocycles. The Bertz CT molecular complexity index is 1010. The van der Waals surface area contributed by atoms with Crippen molar-refractivity contribution in [2.24, 2.45) is 0 Å². The van der Waals surface area contributed by atoms with Gasteiger partial charge >= 0.3 is 0 Å². The number of ether oxygens (including phenoxy) is 1. The summed E-state index contributed by atoms with van der Waals surface area (Å²) in [5.41, 5.74) is 2.15. The molecule has 1 saturated heterocycles. The summed E-state index contributed by atoms with van der Waals surface area (Å²) in [5.74, 6) is 0.547. The number of methoxy groups -OCH3 is 1. The van der Waals surface area contributed by atoms with Gasteiger partial charge in [0.15, 0.2) is 0 Å². The average Bonchev–Trinajstić information content (AvgIpc) is 3.35. The van der Waals surface area contributed by atoms with Crippen LogP contribution in [0.5, 0.6) is 5.75 Å². The van der Waals surface area contributed by atoms with E-state index in [1.165, 1.54) is 0 Å². The first-order chi connectivity index (χ1) is 13.5. The molecule has 0 unspecified atom stereocenters. The van der Waals surface area contributed by atoms with Crippen LogP contribution in [0.4, 0.5) is 0 Å². The molecule has 1 aromatic heterocycles. The van der Waals surface area contributed by atoms with Crippen molar-refractivity contribution in [3.63, 3.8) is 0 Å². The smallest absolute Gasteiger partial charge is 0.257 e. The molecule has 4 rings (SSSR count). The molecule has 0 saturated carbocycles. The molecule has 1 amide bonds. The van der Waals surface area contributed by atoms with E-state index in [2.05, 4.69) is 5.10 Å². The van der Waals surface area contributed by atoms with Gasteiger partial charge in [0.25, 0.3) is 5.91 Å². The van der Waals surface area contributed by atoms with Crippen molar-refractivity contribution in [3.05, 3.63) is 77.6 Å². The molecule has 0 radical (unpaired) electrons. The molecule has 1 fully saturated rings. The van der Waals surface area contributed by atoms with E-state index in [0.717, 1.165) is 16.8 Å². The normalized spacial score (nSPS) is 19.0. The van der Waals surface area contributed by atoms with Gasteiger partial charge < -0.3 is 14.7 Å². The molecular formula is C22H23N3O3. The maximum atomic E-state index is 13.0. The van der Waals surface area contributed by atoms with Crippen LogP contribution in [-0.2, 0) is 5.60 Å². The molecular weight excluding hydrogens is 354 g/mol. The fourth-order valence-corrected chi connectivity index (χ4v) is 3.85. The third-order valence-corrected chi connectivity index (χ3v) is 5.34. The fourth-order valence-electron chi connectivity index (χ4n) is 3.85. The lowest BCUT2D eigenvalue weighted by Crippen LogP contribution is -2.34. The third kappa shape index (κ3) is 3.16. The first-order valence-corrected chi connectivity index (χ1v) is 9.28. The van der Waals surface area contributed by atoms with Gasteiger partial charge in [-0.2, -0.15) is 5.10 Å². The predicted molar refractivity (Wildman–Crippen MR) is 106 cm³/mol. The van der Waals surface area contributed by atoms with Crippen molar-refractivity contribution in [2.75, 3.05) is 20.2 Å².